The monoisotopic (exact) mass is 502 g/mol. The van der Waals surface area contributed by atoms with Crippen molar-refractivity contribution in [3.63, 3.8) is 0 Å². The van der Waals surface area contributed by atoms with Crippen LogP contribution >= 0.6 is 22.6 Å². The van der Waals surface area contributed by atoms with Crippen LogP contribution in [0.3, 0.4) is 0 Å². The maximum atomic E-state index is 12.4. The predicted molar refractivity (Wildman–Crippen MR) is 116 cm³/mol. The molecule has 0 aromatic heterocycles. The van der Waals surface area contributed by atoms with Gasteiger partial charge in [0.25, 0.3) is 0 Å². The van der Waals surface area contributed by atoms with Gasteiger partial charge in [-0.3, -0.25) is 9.59 Å². The zero-order valence-electron chi connectivity index (χ0n) is 17.5. The summed E-state index contributed by atoms with van der Waals surface area (Å²) in [7, 11) is 0. The number of ether oxygens (including phenoxy) is 1. The number of rotatable bonds is 3. The van der Waals surface area contributed by atoms with E-state index in [0.29, 0.717) is 33.9 Å². The van der Waals surface area contributed by atoms with E-state index < -0.39 is 0 Å². The second kappa shape index (κ2) is 7.51. The summed E-state index contributed by atoms with van der Waals surface area (Å²) in [4.78, 5) is 24.8. The van der Waals surface area contributed by atoms with E-state index in [2.05, 4.69) is 36.4 Å². The Morgan fingerprint density at radius 3 is 2.54 bits per heavy atom. The highest BCUT2D eigenvalue weighted by atomic mass is 127. The van der Waals surface area contributed by atoms with Gasteiger partial charge in [-0.2, -0.15) is 0 Å². The lowest BCUT2D eigenvalue weighted by molar-refractivity contribution is -0.197. The first-order chi connectivity index (χ1) is 13.2. The highest BCUT2D eigenvalue weighted by Crippen LogP contribution is 2.68. The van der Waals surface area contributed by atoms with Crippen molar-refractivity contribution in [2.45, 2.75) is 84.3 Å². The molecule has 0 aromatic rings. The van der Waals surface area contributed by atoms with Crippen molar-refractivity contribution in [3.8, 4) is 0 Å². The molecule has 4 rings (SSSR count). The minimum absolute atomic E-state index is 0.0411. The number of fused-ring (bicyclic) bond motifs is 5. The molecule has 4 aliphatic rings. The van der Waals surface area contributed by atoms with Crippen molar-refractivity contribution in [3.05, 3.63) is 0 Å². The normalized spacial score (nSPS) is 50.2. The van der Waals surface area contributed by atoms with E-state index in [4.69, 9.17) is 4.74 Å². The van der Waals surface area contributed by atoms with Crippen LogP contribution < -0.4 is 0 Å². The number of hydrogen-bond donors (Lipinski definition) is 1. The molecule has 5 heteroatoms. The van der Waals surface area contributed by atoms with E-state index in [9.17, 15) is 14.7 Å². The molecule has 4 saturated carbocycles. The minimum Gasteiger partial charge on any atom is -0.461 e. The van der Waals surface area contributed by atoms with Crippen molar-refractivity contribution in [1.29, 1.82) is 0 Å². The Balaban J connectivity index is 1.72. The Hall–Kier alpha value is -0.170. The number of Topliss-reactive ketones (excluding diaryl/α,β-unsaturated/α-hetero) is 1. The quantitative estimate of drug-likeness (QED) is 0.350. The third-order valence-electron chi connectivity index (χ3n) is 9.43. The zero-order valence-corrected chi connectivity index (χ0v) is 19.6. The lowest BCUT2D eigenvalue weighted by Gasteiger charge is -2.62. The van der Waals surface area contributed by atoms with E-state index in [1.165, 1.54) is 6.42 Å². The molecule has 28 heavy (non-hydrogen) atoms. The molecule has 158 valence electrons. The van der Waals surface area contributed by atoms with Gasteiger partial charge in [0.15, 0.2) is 0 Å². The molecular weight excluding hydrogens is 467 g/mol. The van der Waals surface area contributed by atoms with Crippen molar-refractivity contribution in [2.24, 2.45) is 40.4 Å². The summed E-state index contributed by atoms with van der Waals surface area (Å²) in [6, 6.07) is 0. The van der Waals surface area contributed by atoms with Gasteiger partial charge in [-0.15, -0.1) is 0 Å². The third kappa shape index (κ3) is 3.17. The van der Waals surface area contributed by atoms with Gasteiger partial charge in [-0.05, 0) is 86.9 Å². The molecule has 0 bridgehead atoms. The highest BCUT2D eigenvalue weighted by molar-refractivity contribution is 14.1. The molecule has 1 N–H and O–H groups in total. The number of halogens is 1. The Kier molecular flexibility index (Phi) is 5.65. The Morgan fingerprint density at radius 1 is 1.11 bits per heavy atom. The fourth-order valence-electron chi connectivity index (χ4n) is 8.30. The lowest BCUT2D eigenvalue weighted by Crippen LogP contribution is -2.60. The number of aliphatic hydroxyl groups excluding tert-OH is 1. The number of alkyl halides is 1. The van der Waals surface area contributed by atoms with Crippen LogP contribution in [0, 0.1) is 40.4 Å². The van der Waals surface area contributed by atoms with E-state index in [-0.39, 0.29) is 34.9 Å². The van der Waals surface area contributed by atoms with E-state index in [1.807, 2.05) is 0 Å². The van der Waals surface area contributed by atoms with Crippen LogP contribution in [0.15, 0.2) is 0 Å². The van der Waals surface area contributed by atoms with Gasteiger partial charge in [-0.1, -0.05) is 36.4 Å². The molecule has 4 fully saturated rings. The highest BCUT2D eigenvalue weighted by Gasteiger charge is 2.64. The van der Waals surface area contributed by atoms with Gasteiger partial charge in [0.2, 0.25) is 0 Å². The average molecular weight is 502 g/mol. The average Bonchev–Trinajstić information content (AvgIpc) is 2.98. The first-order valence-electron chi connectivity index (χ1n) is 11.1. The number of ketones is 1. The smallest absolute Gasteiger partial charge is 0.316 e. The maximum absolute atomic E-state index is 12.4. The molecule has 0 heterocycles. The Labute approximate surface area is 182 Å². The molecule has 4 aliphatic carbocycles. The molecule has 4 nitrogen and oxygen atoms in total. The van der Waals surface area contributed by atoms with E-state index >= 15 is 0 Å². The number of carbonyl (C=O) groups excluding carboxylic acids is 2. The lowest BCUT2D eigenvalue weighted by atomic mass is 9.43. The summed E-state index contributed by atoms with van der Waals surface area (Å²) in [5.41, 5.74) is 0.0919. The first kappa shape index (κ1) is 21.1. The minimum atomic E-state index is -0.174. The van der Waals surface area contributed by atoms with Crippen molar-refractivity contribution < 1.29 is 19.4 Å². The van der Waals surface area contributed by atoms with Gasteiger partial charge < -0.3 is 9.84 Å². The molecule has 0 aliphatic heterocycles. The topological polar surface area (TPSA) is 63.6 Å². The SMILES string of the molecule is CC(=O)[C@H]1CC[C@H]2[C@@H]3CC[C@H]4C[C@H](O)CC[C@]4(C)[C@H]3[C@@H](OC(=O)CI)C[C@]12C. The standard InChI is InChI=1S/C23H35IO4/c1-13(25)17-6-7-18-16-5-4-14-10-15(26)8-9-22(14,2)21(16)19(11-23(17,18)3)28-20(27)12-24/h14-19,21,26H,4-12H2,1-3H3/t14-,15+,16-,17+,18-,19-,21+,22-,23+/m0/s1. The Morgan fingerprint density at radius 2 is 1.86 bits per heavy atom. The molecular formula is C23H35IO4. The second-order valence-corrected chi connectivity index (χ2v) is 11.4. The zero-order chi connectivity index (χ0) is 20.3. The van der Waals surface area contributed by atoms with Gasteiger partial charge in [0.1, 0.15) is 11.9 Å². The Bertz CT molecular complexity index is 651. The van der Waals surface area contributed by atoms with Crippen LogP contribution in [-0.2, 0) is 14.3 Å². The van der Waals surface area contributed by atoms with E-state index in [0.717, 1.165) is 44.9 Å². The van der Waals surface area contributed by atoms with Crippen molar-refractivity contribution in [2.75, 3.05) is 4.43 Å². The number of hydrogen-bond acceptors (Lipinski definition) is 4. The van der Waals surface area contributed by atoms with Gasteiger partial charge in [-0.25, -0.2) is 0 Å². The molecule has 0 amide bonds. The summed E-state index contributed by atoms with van der Waals surface area (Å²) < 4.78 is 6.51. The van der Waals surface area contributed by atoms with Gasteiger partial charge in [0, 0.05) is 11.8 Å². The summed E-state index contributed by atoms with van der Waals surface area (Å²) in [5.74, 6) is 2.28. The summed E-state index contributed by atoms with van der Waals surface area (Å²) in [6.45, 7) is 6.46. The fraction of sp³-hybridized carbons (Fsp3) is 0.913. The summed E-state index contributed by atoms with van der Waals surface area (Å²) >= 11 is 2.09. The van der Waals surface area contributed by atoms with Gasteiger partial charge in [0.05, 0.1) is 10.5 Å². The van der Waals surface area contributed by atoms with Crippen LogP contribution in [0.1, 0.15) is 72.1 Å². The third-order valence-corrected chi connectivity index (χ3v) is 10.0. The molecule has 0 saturated heterocycles. The first-order valence-corrected chi connectivity index (χ1v) is 12.7. The molecule has 0 aromatic carbocycles. The molecule has 0 spiro atoms. The predicted octanol–water partition coefficient (Wildman–Crippen LogP) is 4.55. The summed E-state index contributed by atoms with van der Waals surface area (Å²) in [5, 5.41) is 10.3. The number of esters is 1. The van der Waals surface area contributed by atoms with Gasteiger partial charge >= 0.3 is 5.97 Å². The van der Waals surface area contributed by atoms with Crippen molar-refractivity contribution in [1.82, 2.24) is 0 Å². The second-order valence-electron chi connectivity index (χ2n) is 10.6. The maximum Gasteiger partial charge on any atom is 0.316 e. The summed E-state index contributed by atoms with van der Waals surface area (Å²) in [6.07, 6.45) is 7.80. The van der Waals surface area contributed by atoms with Crippen LogP contribution in [0.2, 0.25) is 0 Å². The van der Waals surface area contributed by atoms with Crippen LogP contribution in [0.5, 0.6) is 0 Å². The molecule has 9 atom stereocenters. The van der Waals surface area contributed by atoms with Crippen LogP contribution in [0.4, 0.5) is 0 Å². The van der Waals surface area contributed by atoms with E-state index in [1.54, 1.807) is 6.92 Å². The largest absolute Gasteiger partial charge is 0.461 e. The number of aliphatic hydroxyl groups is 1. The molecule has 0 radical (unpaired) electrons. The van der Waals surface area contributed by atoms with Crippen LogP contribution in [0.25, 0.3) is 0 Å². The number of carbonyl (C=O) groups is 2. The van der Waals surface area contributed by atoms with Crippen molar-refractivity contribution >= 4 is 34.3 Å². The van der Waals surface area contributed by atoms with Crippen LogP contribution in [-0.4, -0.2) is 33.5 Å². The fourth-order valence-corrected chi connectivity index (χ4v) is 8.48. The molecule has 0 unspecified atom stereocenters.